The largest absolute Gasteiger partial charge is 0.389 e. The van der Waals surface area contributed by atoms with Crippen molar-refractivity contribution in [3.63, 3.8) is 0 Å². The molecular formula is C18H31NO2. The molecule has 0 fully saturated rings. The molecule has 0 saturated carbocycles. The van der Waals surface area contributed by atoms with Crippen LogP contribution in [-0.2, 0) is 4.74 Å². The first kappa shape index (κ1) is 18.1. The number of rotatable bonds is 10. The van der Waals surface area contributed by atoms with Crippen LogP contribution in [0, 0.1) is 5.92 Å². The normalized spacial score (nSPS) is 15.9. The van der Waals surface area contributed by atoms with E-state index in [1.165, 1.54) is 5.56 Å². The van der Waals surface area contributed by atoms with Crippen molar-refractivity contribution in [3.05, 3.63) is 35.9 Å². The second kappa shape index (κ2) is 9.93. The molecule has 1 aromatic carbocycles. The third kappa shape index (κ3) is 8.20. The van der Waals surface area contributed by atoms with Crippen LogP contribution in [0.5, 0.6) is 0 Å². The fourth-order valence-corrected chi connectivity index (χ4v) is 2.43. The molecular weight excluding hydrogens is 262 g/mol. The van der Waals surface area contributed by atoms with Crippen LogP contribution < -0.4 is 5.32 Å². The van der Waals surface area contributed by atoms with Gasteiger partial charge in [-0.05, 0) is 30.7 Å². The van der Waals surface area contributed by atoms with Crippen molar-refractivity contribution >= 4 is 0 Å². The summed E-state index contributed by atoms with van der Waals surface area (Å²) in [7, 11) is 0. The van der Waals surface area contributed by atoms with E-state index in [2.05, 4.69) is 57.3 Å². The SMILES string of the molecule is CC(C)CC(C)OCC(O)CNCC(C)c1ccccc1. The van der Waals surface area contributed by atoms with Gasteiger partial charge in [0.05, 0.1) is 18.8 Å². The monoisotopic (exact) mass is 293 g/mol. The van der Waals surface area contributed by atoms with Gasteiger partial charge in [-0.3, -0.25) is 0 Å². The van der Waals surface area contributed by atoms with Crippen molar-refractivity contribution in [1.82, 2.24) is 5.32 Å². The van der Waals surface area contributed by atoms with Gasteiger partial charge in [-0.2, -0.15) is 0 Å². The van der Waals surface area contributed by atoms with Crippen LogP contribution in [0.1, 0.15) is 45.6 Å². The van der Waals surface area contributed by atoms with Gasteiger partial charge in [0.15, 0.2) is 0 Å². The molecule has 21 heavy (non-hydrogen) atoms. The van der Waals surface area contributed by atoms with Gasteiger partial charge in [-0.25, -0.2) is 0 Å². The first-order valence-corrected chi connectivity index (χ1v) is 8.04. The summed E-state index contributed by atoms with van der Waals surface area (Å²) in [5.74, 6) is 1.07. The average Bonchev–Trinajstić information content (AvgIpc) is 2.45. The number of hydrogen-bond donors (Lipinski definition) is 2. The maximum absolute atomic E-state index is 9.93. The molecule has 0 spiro atoms. The second-order valence-corrected chi connectivity index (χ2v) is 6.40. The number of ether oxygens (including phenoxy) is 1. The van der Waals surface area contributed by atoms with Gasteiger partial charge in [0.1, 0.15) is 0 Å². The lowest BCUT2D eigenvalue weighted by Crippen LogP contribution is -2.33. The summed E-state index contributed by atoms with van der Waals surface area (Å²) >= 11 is 0. The summed E-state index contributed by atoms with van der Waals surface area (Å²) in [5.41, 5.74) is 1.32. The Morgan fingerprint density at radius 2 is 1.71 bits per heavy atom. The van der Waals surface area contributed by atoms with E-state index < -0.39 is 6.10 Å². The minimum absolute atomic E-state index is 0.211. The van der Waals surface area contributed by atoms with Crippen molar-refractivity contribution in [2.24, 2.45) is 5.92 Å². The Morgan fingerprint density at radius 3 is 2.33 bits per heavy atom. The molecule has 0 radical (unpaired) electrons. The van der Waals surface area contributed by atoms with E-state index in [0.29, 0.717) is 25.0 Å². The van der Waals surface area contributed by atoms with E-state index in [0.717, 1.165) is 13.0 Å². The van der Waals surface area contributed by atoms with Crippen molar-refractivity contribution in [3.8, 4) is 0 Å². The molecule has 0 heterocycles. The maximum atomic E-state index is 9.93. The minimum atomic E-state index is -0.442. The van der Waals surface area contributed by atoms with E-state index in [1.54, 1.807) is 0 Å². The van der Waals surface area contributed by atoms with Gasteiger partial charge < -0.3 is 15.2 Å². The molecule has 0 aromatic heterocycles. The van der Waals surface area contributed by atoms with E-state index >= 15 is 0 Å². The Hall–Kier alpha value is -0.900. The summed E-state index contributed by atoms with van der Waals surface area (Å²) in [6.07, 6.45) is 0.802. The van der Waals surface area contributed by atoms with E-state index in [1.807, 2.05) is 6.07 Å². The van der Waals surface area contributed by atoms with E-state index in [4.69, 9.17) is 4.74 Å². The van der Waals surface area contributed by atoms with Crippen LogP contribution in [-0.4, -0.2) is 37.0 Å². The molecule has 0 aliphatic carbocycles. The van der Waals surface area contributed by atoms with Crippen molar-refractivity contribution < 1.29 is 9.84 Å². The van der Waals surface area contributed by atoms with Crippen LogP contribution in [0.15, 0.2) is 30.3 Å². The molecule has 3 unspecified atom stereocenters. The number of aliphatic hydroxyl groups is 1. The van der Waals surface area contributed by atoms with Crippen molar-refractivity contribution in [1.29, 1.82) is 0 Å². The maximum Gasteiger partial charge on any atom is 0.0897 e. The molecule has 1 aromatic rings. The first-order valence-electron chi connectivity index (χ1n) is 8.04. The Bertz CT molecular complexity index is 367. The van der Waals surface area contributed by atoms with Gasteiger partial charge in [-0.1, -0.05) is 51.1 Å². The molecule has 0 saturated heterocycles. The third-order valence-electron chi connectivity index (χ3n) is 3.58. The van der Waals surface area contributed by atoms with Crippen molar-refractivity contribution in [2.75, 3.05) is 19.7 Å². The molecule has 3 nitrogen and oxygen atoms in total. The Labute approximate surface area is 129 Å². The highest BCUT2D eigenvalue weighted by Crippen LogP contribution is 2.13. The summed E-state index contributed by atoms with van der Waals surface area (Å²) < 4.78 is 5.67. The van der Waals surface area contributed by atoms with Gasteiger partial charge in [0, 0.05) is 13.1 Å². The Balaban J connectivity index is 2.14. The zero-order valence-electron chi connectivity index (χ0n) is 13.9. The van der Waals surface area contributed by atoms with Crippen molar-refractivity contribution in [2.45, 2.75) is 52.2 Å². The summed E-state index contributed by atoms with van der Waals surface area (Å²) in [5, 5.41) is 13.2. The molecule has 0 bridgehead atoms. The fourth-order valence-electron chi connectivity index (χ4n) is 2.43. The molecule has 0 aliphatic rings. The predicted molar refractivity (Wildman–Crippen MR) is 88.6 cm³/mol. The zero-order valence-corrected chi connectivity index (χ0v) is 13.9. The zero-order chi connectivity index (χ0) is 15.7. The Morgan fingerprint density at radius 1 is 1.05 bits per heavy atom. The molecule has 120 valence electrons. The highest BCUT2D eigenvalue weighted by atomic mass is 16.5. The number of nitrogens with one attached hydrogen (secondary N) is 1. The number of benzene rings is 1. The summed E-state index contributed by atoms with van der Waals surface area (Å²) in [6, 6.07) is 10.4. The van der Waals surface area contributed by atoms with Gasteiger partial charge in [0.2, 0.25) is 0 Å². The third-order valence-corrected chi connectivity index (χ3v) is 3.58. The lowest BCUT2D eigenvalue weighted by Gasteiger charge is -2.19. The fraction of sp³-hybridized carbons (Fsp3) is 0.667. The predicted octanol–water partition coefficient (Wildman–Crippen LogP) is 3.19. The van der Waals surface area contributed by atoms with Crippen LogP contribution in [0.2, 0.25) is 0 Å². The molecule has 3 heteroatoms. The first-order chi connectivity index (χ1) is 9.99. The summed E-state index contributed by atoms with van der Waals surface area (Å²) in [4.78, 5) is 0. The smallest absolute Gasteiger partial charge is 0.0897 e. The van der Waals surface area contributed by atoms with Gasteiger partial charge >= 0.3 is 0 Å². The van der Waals surface area contributed by atoms with Crippen LogP contribution in [0.3, 0.4) is 0 Å². The number of hydrogen-bond acceptors (Lipinski definition) is 3. The molecule has 2 N–H and O–H groups in total. The molecule has 3 atom stereocenters. The Kier molecular flexibility index (Phi) is 8.58. The number of aliphatic hydroxyl groups excluding tert-OH is 1. The lowest BCUT2D eigenvalue weighted by atomic mass is 10.0. The lowest BCUT2D eigenvalue weighted by molar-refractivity contribution is -0.00849. The summed E-state index contributed by atoms with van der Waals surface area (Å²) in [6.45, 7) is 10.5. The molecule has 0 amide bonds. The molecule has 1 rings (SSSR count). The van der Waals surface area contributed by atoms with Crippen LogP contribution in [0.25, 0.3) is 0 Å². The highest BCUT2D eigenvalue weighted by Gasteiger charge is 2.10. The van der Waals surface area contributed by atoms with Gasteiger partial charge in [0.25, 0.3) is 0 Å². The second-order valence-electron chi connectivity index (χ2n) is 6.40. The standard InChI is InChI=1S/C18H31NO2/c1-14(2)10-16(4)21-13-18(20)12-19-11-15(3)17-8-6-5-7-9-17/h5-9,14-16,18-20H,10-13H2,1-4H3. The quantitative estimate of drug-likeness (QED) is 0.696. The van der Waals surface area contributed by atoms with Gasteiger partial charge in [-0.15, -0.1) is 0 Å². The topological polar surface area (TPSA) is 41.5 Å². The van der Waals surface area contributed by atoms with E-state index in [9.17, 15) is 5.11 Å². The van der Waals surface area contributed by atoms with Crippen LogP contribution >= 0.6 is 0 Å². The molecule has 0 aliphatic heterocycles. The minimum Gasteiger partial charge on any atom is -0.389 e. The van der Waals surface area contributed by atoms with Crippen LogP contribution in [0.4, 0.5) is 0 Å². The average molecular weight is 293 g/mol. The van der Waals surface area contributed by atoms with E-state index in [-0.39, 0.29) is 6.10 Å². The highest BCUT2D eigenvalue weighted by molar-refractivity contribution is 5.18.